The lowest BCUT2D eigenvalue weighted by molar-refractivity contribution is 0.155. The molecule has 1 heterocycles. The van der Waals surface area contributed by atoms with Gasteiger partial charge in [-0.25, -0.2) is 9.78 Å². The van der Waals surface area contributed by atoms with Crippen molar-refractivity contribution in [3.8, 4) is 0 Å². The van der Waals surface area contributed by atoms with Gasteiger partial charge in [-0.1, -0.05) is 65.1 Å². The molecule has 0 spiro atoms. The highest BCUT2D eigenvalue weighted by molar-refractivity contribution is 6.43. The Hall–Kier alpha value is -1.49. The average Bonchev–Trinajstić information content (AvgIpc) is 2.44. The van der Waals surface area contributed by atoms with Crippen molar-refractivity contribution >= 4 is 46.7 Å². The number of anilines is 1. The molecule has 0 saturated heterocycles. The molecule has 0 bridgehead atoms. The topological polar surface area (TPSA) is 51.2 Å². The summed E-state index contributed by atoms with van der Waals surface area (Å²) in [5.74, 6) is 0.0964. The molecule has 2 rings (SSSR count). The van der Waals surface area contributed by atoms with Crippen LogP contribution < -0.4 is 5.32 Å². The number of carbonyl (C=O) groups excluding carboxylic acids is 1. The number of amides is 1. The minimum atomic E-state index is -0.679. The molecule has 1 aromatic carbocycles. The molecular formula is C13H9Cl3N2O2. The number of carbonyl (C=O) groups is 1. The van der Waals surface area contributed by atoms with E-state index in [-0.39, 0.29) is 27.6 Å². The summed E-state index contributed by atoms with van der Waals surface area (Å²) in [6.07, 6.45) is -0.679. The molecular weight excluding hydrogens is 323 g/mol. The van der Waals surface area contributed by atoms with Crippen LogP contribution in [0.2, 0.25) is 15.2 Å². The normalized spacial score (nSPS) is 10.2. The monoisotopic (exact) mass is 330 g/mol. The molecule has 1 amide bonds. The van der Waals surface area contributed by atoms with E-state index in [0.717, 1.165) is 5.56 Å². The Kier molecular flexibility index (Phi) is 5.06. The van der Waals surface area contributed by atoms with Crippen molar-refractivity contribution in [3.05, 3.63) is 57.2 Å². The van der Waals surface area contributed by atoms with Gasteiger partial charge in [-0.05, 0) is 11.6 Å². The first-order chi connectivity index (χ1) is 9.56. The molecule has 0 aliphatic heterocycles. The summed E-state index contributed by atoms with van der Waals surface area (Å²) >= 11 is 17.4. The number of rotatable bonds is 3. The van der Waals surface area contributed by atoms with Gasteiger partial charge in [0.2, 0.25) is 0 Å². The first kappa shape index (κ1) is 14.9. The van der Waals surface area contributed by atoms with Gasteiger partial charge in [-0.3, -0.25) is 5.32 Å². The molecule has 4 nitrogen and oxygen atoms in total. The Morgan fingerprint density at radius 3 is 2.55 bits per heavy atom. The van der Waals surface area contributed by atoms with E-state index in [2.05, 4.69) is 10.3 Å². The van der Waals surface area contributed by atoms with Crippen molar-refractivity contribution in [3.63, 3.8) is 0 Å². The molecule has 0 saturated carbocycles. The second kappa shape index (κ2) is 6.79. The first-order valence-electron chi connectivity index (χ1n) is 5.55. The number of nitrogens with zero attached hydrogens (tertiary/aromatic N) is 1. The van der Waals surface area contributed by atoms with Crippen molar-refractivity contribution in [2.24, 2.45) is 0 Å². The molecule has 20 heavy (non-hydrogen) atoms. The Morgan fingerprint density at radius 2 is 1.85 bits per heavy atom. The molecule has 0 atom stereocenters. The van der Waals surface area contributed by atoms with Gasteiger partial charge < -0.3 is 4.74 Å². The lowest BCUT2D eigenvalue weighted by Crippen LogP contribution is -2.14. The molecule has 2 aromatic rings. The highest BCUT2D eigenvalue weighted by Crippen LogP contribution is 2.28. The second-order valence-electron chi connectivity index (χ2n) is 3.78. The van der Waals surface area contributed by atoms with Gasteiger partial charge in [-0.15, -0.1) is 0 Å². The molecule has 0 aliphatic carbocycles. The summed E-state index contributed by atoms with van der Waals surface area (Å²) in [4.78, 5) is 15.5. The van der Waals surface area contributed by atoms with Crippen molar-refractivity contribution in [1.29, 1.82) is 0 Å². The van der Waals surface area contributed by atoms with Gasteiger partial charge in [0.05, 0.1) is 10.0 Å². The zero-order valence-electron chi connectivity index (χ0n) is 10.1. The quantitative estimate of drug-likeness (QED) is 0.823. The predicted octanol–water partition coefficient (Wildman–Crippen LogP) is 4.79. The van der Waals surface area contributed by atoms with Crippen LogP contribution in [0.1, 0.15) is 5.56 Å². The SMILES string of the molecule is O=C(Nc1nc(Cl)c(Cl)cc1Cl)OCc1ccccc1. The van der Waals surface area contributed by atoms with Crippen LogP contribution in [-0.4, -0.2) is 11.1 Å². The number of pyridine rings is 1. The predicted molar refractivity (Wildman–Crippen MR) is 79.5 cm³/mol. The lowest BCUT2D eigenvalue weighted by Gasteiger charge is -2.08. The zero-order chi connectivity index (χ0) is 14.5. The Balaban J connectivity index is 1.97. The number of benzene rings is 1. The summed E-state index contributed by atoms with van der Waals surface area (Å²) < 4.78 is 5.03. The van der Waals surface area contributed by atoms with E-state index in [1.165, 1.54) is 6.07 Å². The Bertz CT molecular complexity index is 621. The van der Waals surface area contributed by atoms with E-state index >= 15 is 0 Å². The van der Waals surface area contributed by atoms with Gasteiger partial charge in [0.1, 0.15) is 11.8 Å². The summed E-state index contributed by atoms with van der Waals surface area (Å²) in [6, 6.07) is 10.7. The third kappa shape index (κ3) is 4.00. The van der Waals surface area contributed by atoms with Crippen LogP contribution in [0.5, 0.6) is 0 Å². The molecule has 7 heteroatoms. The number of halogens is 3. The van der Waals surface area contributed by atoms with Crippen LogP contribution in [0.4, 0.5) is 10.6 Å². The maximum absolute atomic E-state index is 11.6. The smallest absolute Gasteiger partial charge is 0.413 e. The minimum Gasteiger partial charge on any atom is -0.444 e. The summed E-state index contributed by atoms with van der Waals surface area (Å²) in [6.45, 7) is 0.144. The fraction of sp³-hybridized carbons (Fsp3) is 0.0769. The summed E-state index contributed by atoms with van der Waals surface area (Å²) in [5.41, 5.74) is 0.871. The van der Waals surface area contributed by atoms with Crippen molar-refractivity contribution in [1.82, 2.24) is 4.98 Å². The largest absolute Gasteiger partial charge is 0.444 e. The fourth-order valence-corrected chi connectivity index (χ4v) is 1.93. The van der Waals surface area contributed by atoms with E-state index in [0.29, 0.717) is 0 Å². The third-order valence-corrected chi connectivity index (χ3v) is 3.28. The van der Waals surface area contributed by atoms with E-state index in [1.54, 1.807) is 0 Å². The van der Waals surface area contributed by atoms with Crippen LogP contribution in [0.15, 0.2) is 36.4 Å². The molecule has 0 radical (unpaired) electrons. The molecule has 1 aromatic heterocycles. The first-order valence-corrected chi connectivity index (χ1v) is 6.69. The maximum Gasteiger partial charge on any atom is 0.413 e. The standard InChI is InChI=1S/C13H9Cl3N2O2/c14-9-6-10(15)12(17-11(9)16)18-13(19)20-7-8-4-2-1-3-5-8/h1-6H,7H2,(H,17,18,19). The molecule has 0 unspecified atom stereocenters. The van der Waals surface area contributed by atoms with Crippen LogP contribution in [0, 0.1) is 0 Å². The number of ether oxygens (including phenoxy) is 1. The number of nitrogens with one attached hydrogen (secondary N) is 1. The van der Waals surface area contributed by atoms with Gasteiger partial charge in [0.15, 0.2) is 5.82 Å². The minimum absolute atomic E-state index is 0.0504. The van der Waals surface area contributed by atoms with Crippen LogP contribution in [0.3, 0.4) is 0 Å². The van der Waals surface area contributed by atoms with Crippen molar-refractivity contribution < 1.29 is 9.53 Å². The second-order valence-corrected chi connectivity index (χ2v) is 4.95. The zero-order valence-corrected chi connectivity index (χ0v) is 12.3. The van der Waals surface area contributed by atoms with E-state index < -0.39 is 6.09 Å². The van der Waals surface area contributed by atoms with E-state index in [9.17, 15) is 4.79 Å². The Labute approximate surface area is 130 Å². The van der Waals surface area contributed by atoms with E-state index in [1.807, 2.05) is 30.3 Å². The molecule has 1 N–H and O–H groups in total. The van der Waals surface area contributed by atoms with Crippen LogP contribution in [-0.2, 0) is 11.3 Å². The highest BCUT2D eigenvalue weighted by atomic mass is 35.5. The molecule has 104 valence electrons. The van der Waals surface area contributed by atoms with Gasteiger partial charge in [0.25, 0.3) is 0 Å². The number of aromatic nitrogens is 1. The average molecular weight is 332 g/mol. The van der Waals surface area contributed by atoms with E-state index in [4.69, 9.17) is 39.5 Å². The van der Waals surface area contributed by atoms with Crippen LogP contribution in [0.25, 0.3) is 0 Å². The molecule has 0 aliphatic rings. The van der Waals surface area contributed by atoms with Gasteiger partial charge >= 0.3 is 6.09 Å². The van der Waals surface area contributed by atoms with Crippen LogP contribution >= 0.6 is 34.8 Å². The van der Waals surface area contributed by atoms with Crippen molar-refractivity contribution in [2.45, 2.75) is 6.61 Å². The summed E-state index contributed by atoms with van der Waals surface area (Å²) in [5, 5.41) is 2.84. The van der Waals surface area contributed by atoms with Crippen molar-refractivity contribution in [2.75, 3.05) is 5.32 Å². The van der Waals surface area contributed by atoms with Gasteiger partial charge in [0, 0.05) is 0 Å². The molecule has 0 fully saturated rings. The fourth-order valence-electron chi connectivity index (χ4n) is 1.39. The lowest BCUT2D eigenvalue weighted by atomic mass is 10.2. The number of hydrogen-bond acceptors (Lipinski definition) is 3. The summed E-state index contributed by atoms with van der Waals surface area (Å²) in [7, 11) is 0. The van der Waals surface area contributed by atoms with Gasteiger partial charge in [-0.2, -0.15) is 0 Å². The third-order valence-electron chi connectivity index (χ3n) is 2.32. The number of hydrogen-bond donors (Lipinski definition) is 1. The maximum atomic E-state index is 11.6. The highest BCUT2D eigenvalue weighted by Gasteiger charge is 2.11. The Morgan fingerprint density at radius 1 is 1.15 bits per heavy atom.